The molecule has 0 aliphatic heterocycles. The first-order chi connectivity index (χ1) is 8.61. The van der Waals surface area contributed by atoms with Gasteiger partial charge in [-0.15, -0.1) is 0 Å². The number of nitrogens with two attached hydrogens (primary N) is 1. The molecule has 1 atom stereocenters. The third-order valence-corrected chi connectivity index (χ3v) is 2.74. The highest BCUT2D eigenvalue weighted by atomic mass is 16.1. The molecule has 2 aromatic rings. The molecule has 0 aromatic carbocycles. The highest BCUT2D eigenvalue weighted by Gasteiger charge is 2.20. The van der Waals surface area contributed by atoms with Gasteiger partial charge in [0, 0.05) is 31.5 Å². The van der Waals surface area contributed by atoms with Crippen LogP contribution in [-0.2, 0) is 13.6 Å². The summed E-state index contributed by atoms with van der Waals surface area (Å²) in [5.74, 6) is -0.134. The van der Waals surface area contributed by atoms with Gasteiger partial charge in [0.1, 0.15) is 0 Å². The Bertz CT molecular complexity index is 542. The summed E-state index contributed by atoms with van der Waals surface area (Å²) >= 11 is 0. The Labute approximate surface area is 105 Å². The molecule has 0 bridgehead atoms. The summed E-state index contributed by atoms with van der Waals surface area (Å²) in [7, 11) is 1.79. The van der Waals surface area contributed by atoms with Crippen molar-refractivity contribution in [3.63, 3.8) is 0 Å². The summed E-state index contributed by atoms with van der Waals surface area (Å²) < 4.78 is 3.38. The number of nitrogens with zero attached hydrogens (tertiary/aromatic N) is 4. The van der Waals surface area contributed by atoms with Crippen molar-refractivity contribution in [3.05, 3.63) is 35.9 Å². The second-order valence-electron chi connectivity index (χ2n) is 4.28. The van der Waals surface area contributed by atoms with Gasteiger partial charge in [0.05, 0.1) is 24.0 Å². The van der Waals surface area contributed by atoms with Crippen molar-refractivity contribution in [2.75, 3.05) is 0 Å². The van der Waals surface area contributed by atoms with Gasteiger partial charge in [-0.1, -0.05) is 6.92 Å². The maximum atomic E-state index is 12.2. The topological polar surface area (TPSA) is 78.7 Å². The van der Waals surface area contributed by atoms with Gasteiger partial charge in [-0.05, 0) is 6.42 Å². The molecule has 18 heavy (non-hydrogen) atoms. The van der Waals surface area contributed by atoms with Gasteiger partial charge in [-0.3, -0.25) is 14.2 Å². The van der Waals surface area contributed by atoms with Gasteiger partial charge in [0.25, 0.3) is 0 Å². The summed E-state index contributed by atoms with van der Waals surface area (Å²) in [6.45, 7) is 2.86. The summed E-state index contributed by atoms with van der Waals surface area (Å²) in [6.07, 6.45) is 7.64. The third kappa shape index (κ3) is 2.48. The zero-order valence-electron chi connectivity index (χ0n) is 10.6. The van der Waals surface area contributed by atoms with Gasteiger partial charge in [-0.25, -0.2) is 0 Å². The fourth-order valence-corrected chi connectivity index (χ4v) is 1.77. The molecule has 0 fully saturated rings. The molecule has 2 aromatic heterocycles. The molecule has 96 valence electrons. The van der Waals surface area contributed by atoms with E-state index < -0.39 is 6.04 Å². The molecule has 0 spiro atoms. The minimum atomic E-state index is -0.682. The molecule has 2 rings (SSSR count). The van der Waals surface area contributed by atoms with Crippen molar-refractivity contribution in [2.24, 2.45) is 12.8 Å². The summed E-state index contributed by atoms with van der Waals surface area (Å²) in [5.41, 5.74) is 7.18. The van der Waals surface area contributed by atoms with Gasteiger partial charge in [0.2, 0.25) is 0 Å². The predicted octanol–water partition coefficient (Wildman–Crippen LogP) is 0.909. The van der Waals surface area contributed by atoms with E-state index in [0.29, 0.717) is 11.1 Å². The molecule has 2 N–H and O–H groups in total. The van der Waals surface area contributed by atoms with E-state index in [1.165, 1.54) is 0 Å². The minimum Gasteiger partial charge on any atom is -0.317 e. The lowest BCUT2D eigenvalue weighted by Gasteiger charge is -2.05. The third-order valence-electron chi connectivity index (χ3n) is 2.74. The zero-order chi connectivity index (χ0) is 13.1. The first-order valence-corrected chi connectivity index (χ1v) is 5.92. The summed E-state index contributed by atoms with van der Waals surface area (Å²) in [4.78, 5) is 12.2. The lowest BCUT2D eigenvalue weighted by molar-refractivity contribution is 0.0961. The molecule has 0 aliphatic carbocycles. The van der Waals surface area contributed by atoms with E-state index in [-0.39, 0.29) is 5.78 Å². The quantitative estimate of drug-likeness (QED) is 0.796. The van der Waals surface area contributed by atoms with E-state index in [0.717, 1.165) is 13.0 Å². The normalized spacial score (nSPS) is 12.6. The number of carbonyl (C=O) groups excluding carboxylic acids is 1. The maximum Gasteiger partial charge on any atom is 0.187 e. The molecule has 0 aliphatic rings. The lowest BCUT2D eigenvalue weighted by Crippen LogP contribution is -2.20. The Morgan fingerprint density at radius 1 is 1.39 bits per heavy atom. The fourth-order valence-electron chi connectivity index (χ4n) is 1.77. The number of ketones is 1. The first kappa shape index (κ1) is 12.5. The molecular weight excluding hydrogens is 230 g/mol. The number of aromatic nitrogens is 4. The average Bonchev–Trinajstić information content (AvgIpc) is 2.97. The van der Waals surface area contributed by atoms with Crippen LogP contribution in [0.4, 0.5) is 0 Å². The van der Waals surface area contributed by atoms with E-state index in [1.54, 1.807) is 41.2 Å². The van der Waals surface area contributed by atoms with E-state index >= 15 is 0 Å². The number of hydrogen-bond donors (Lipinski definition) is 1. The number of aryl methyl sites for hydroxylation is 2. The van der Waals surface area contributed by atoms with Gasteiger partial charge >= 0.3 is 0 Å². The van der Waals surface area contributed by atoms with Crippen molar-refractivity contribution in [3.8, 4) is 0 Å². The maximum absolute atomic E-state index is 12.2. The Hall–Kier alpha value is -1.95. The number of carbonyl (C=O) groups is 1. The van der Waals surface area contributed by atoms with Crippen LogP contribution < -0.4 is 5.73 Å². The van der Waals surface area contributed by atoms with E-state index in [4.69, 9.17) is 5.73 Å². The van der Waals surface area contributed by atoms with Crippen LogP contribution in [0.1, 0.15) is 35.3 Å². The van der Waals surface area contributed by atoms with Crippen LogP contribution >= 0.6 is 0 Å². The van der Waals surface area contributed by atoms with Crippen LogP contribution in [0.3, 0.4) is 0 Å². The molecular formula is C12H17N5O. The Balaban J connectivity index is 2.14. The van der Waals surface area contributed by atoms with Crippen LogP contribution in [0.25, 0.3) is 0 Å². The van der Waals surface area contributed by atoms with Crippen molar-refractivity contribution >= 4 is 5.78 Å². The van der Waals surface area contributed by atoms with Gasteiger partial charge in [0.15, 0.2) is 5.78 Å². The second kappa shape index (κ2) is 5.14. The van der Waals surface area contributed by atoms with Crippen molar-refractivity contribution in [2.45, 2.75) is 25.9 Å². The second-order valence-corrected chi connectivity index (χ2v) is 4.28. The predicted molar refractivity (Wildman–Crippen MR) is 67.0 cm³/mol. The number of hydrogen-bond acceptors (Lipinski definition) is 4. The van der Waals surface area contributed by atoms with Crippen LogP contribution in [0.5, 0.6) is 0 Å². The van der Waals surface area contributed by atoms with Crippen LogP contribution in [-0.4, -0.2) is 25.3 Å². The smallest absolute Gasteiger partial charge is 0.187 e. The monoisotopic (exact) mass is 247 g/mol. The van der Waals surface area contributed by atoms with Gasteiger partial charge < -0.3 is 5.73 Å². The SMILES string of the molecule is CCCn1cc(C(=O)C(N)c2cnn(C)c2)cn1. The van der Waals surface area contributed by atoms with E-state index in [9.17, 15) is 4.79 Å². The fraction of sp³-hybridized carbons (Fsp3) is 0.417. The summed E-state index contributed by atoms with van der Waals surface area (Å²) in [5, 5.41) is 8.14. The van der Waals surface area contributed by atoms with E-state index in [1.807, 2.05) is 0 Å². The molecule has 6 heteroatoms. The Morgan fingerprint density at radius 2 is 2.17 bits per heavy atom. The zero-order valence-corrected chi connectivity index (χ0v) is 10.6. The number of Topliss-reactive ketones (excluding diaryl/α,β-unsaturated/α-hetero) is 1. The van der Waals surface area contributed by atoms with Crippen LogP contribution in [0.2, 0.25) is 0 Å². The minimum absolute atomic E-state index is 0.134. The lowest BCUT2D eigenvalue weighted by atomic mass is 10.0. The van der Waals surface area contributed by atoms with Gasteiger partial charge in [-0.2, -0.15) is 10.2 Å². The molecule has 2 heterocycles. The van der Waals surface area contributed by atoms with Crippen molar-refractivity contribution in [1.82, 2.24) is 19.6 Å². The highest BCUT2D eigenvalue weighted by Crippen LogP contribution is 2.15. The Kier molecular flexibility index (Phi) is 3.57. The molecule has 0 saturated heterocycles. The molecule has 0 amide bonds. The van der Waals surface area contributed by atoms with Crippen LogP contribution in [0, 0.1) is 0 Å². The molecule has 6 nitrogen and oxygen atoms in total. The van der Waals surface area contributed by atoms with E-state index in [2.05, 4.69) is 17.1 Å². The molecule has 1 unspecified atom stereocenters. The highest BCUT2D eigenvalue weighted by molar-refractivity contribution is 6.00. The standard InChI is InChI=1S/C12H17N5O/c1-3-4-17-8-10(6-15-17)12(18)11(13)9-5-14-16(2)7-9/h5-8,11H,3-4,13H2,1-2H3. The molecule has 0 radical (unpaired) electrons. The number of rotatable bonds is 5. The van der Waals surface area contributed by atoms with Crippen LogP contribution in [0.15, 0.2) is 24.8 Å². The Morgan fingerprint density at radius 3 is 2.78 bits per heavy atom. The largest absolute Gasteiger partial charge is 0.317 e. The molecule has 0 saturated carbocycles. The van der Waals surface area contributed by atoms with Crippen molar-refractivity contribution < 1.29 is 4.79 Å². The first-order valence-electron chi connectivity index (χ1n) is 5.92. The van der Waals surface area contributed by atoms with Crippen molar-refractivity contribution in [1.29, 1.82) is 0 Å². The average molecular weight is 247 g/mol. The summed E-state index contributed by atoms with van der Waals surface area (Å²) in [6, 6.07) is -0.682.